The molecule has 3 aliphatic rings. The summed E-state index contributed by atoms with van der Waals surface area (Å²) in [4.78, 5) is 27.0. The van der Waals surface area contributed by atoms with Gasteiger partial charge >= 0.3 is 12.2 Å². The number of halogens is 3. The molecule has 10 heteroatoms. The van der Waals surface area contributed by atoms with Gasteiger partial charge < -0.3 is 15.1 Å². The molecule has 2 atom stereocenters. The first-order valence-electron chi connectivity index (χ1n) is 12.1. The number of hydrogen-bond acceptors (Lipinski definition) is 5. The molecule has 1 unspecified atom stereocenters. The summed E-state index contributed by atoms with van der Waals surface area (Å²) < 4.78 is 38.4. The van der Waals surface area contributed by atoms with E-state index in [1.165, 1.54) is 5.56 Å². The van der Waals surface area contributed by atoms with Gasteiger partial charge in [0, 0.05) is 63.2 Å². The van der Waals surface area contributed by atoms with Crippen LogP contribution in [0, 0.1) is 5.41 Å². The molecule has 1 N–H and O–H groups in total. The van der Waals surface area contributed by atoms with Crippen molar-refractivity contribution >= 4 is 12.0 Å². The third-order valence-electron chi connectivity index (χ3n) is 7.52. The zero-order chi connectivity index (χ0) is 24.8. The first-order chi connectivity index (χ1) is 16.6. The number of carbonyl (C=O) groups is 1. The lowest BCUT2D eigenvalue weighted by Crippen LogP contribution is -2.68. The number of alkyl halides is 3. The summed E-state index contributed by atoms with van der Waals surface area (Å²) in [5, 5.41) is 3.20. The molecule has 35 heavy (non-hydrogen) atoms. The van der Waals surface area contributed by atoms with Crippen molar-refractivity contribution in [3.63, 3.8) is 0 Å². The van der Waals surface area contributed by atoms with Crippen molar-refractivity contribution < 1.29 is 18.0 Å². The van der Waals surface area contributed by atoms with Gasteiger partial charge in [0.25, 0.3) is 0 Å². The fraction of sp³-hybridized carbons (Fsp3) is 0.560. The van der Waals surface area contributed by atoms with Crippen LogP contribution in [0.4, 0.5) is 23.9 Å². The maximum Gasteiger partial charge on any atom is 0.419 e. The largest absolute Gasteiger partial charge is 0.419 e. The normalized spacial score (nSPS) is 24.7. The minimum absolute atomic E-state index is 0.0716. The first kappa shape index (κ1) is 23.8. The van der Waals surface area contributed by atoms with Gasteiger partial charge in [-0.05, 0) is 37.7 Å². The minimum Gasteiger partial charge on any atom is -0.335 e. The van der Waals surface area contributed by atoms with Gasteiger partial charge in [0.15, 0.2) is 0 Å². The summed E-state index contributed by atoms with van der Waals surface area (Å²) in [6, 6.07) is 10.4. The SMILES string of the molecule is CC1CN(C(=O)NC2CC3(C2)CN(Cc2ccccc2)C3)[C@H](C)CN1c1ncc(C(F)(F)F)cn1. The highest BCUT2D eigenvalue weighted by molar-refractivity contribution is 5.75. The van der Waals surface area contributed by atoms with E-state index >= 15 is 0 Å². The molecule has 2 aliphatic heterocycles. The Morgan fingerprint density at radius 3 is 2.34 bits per heavy atom. The maximum absolute atomic E-state index is 13.0. The van der Waals surface area contributed by atoms with Crippen molar-refractivity contribution in [2.24, 2.45) is 5.41 Å². The molecular formula is C25H31F3N6O. The average Bonchev–Trinajstić information content (AvgIpc) is 2.77. The number of nitrogens with zero attached hydrogens (tertiary/aromatic N) is 5. The molecule has 188 valence electrons. The van der Waals surface area contributed by atoms with Crippen LogP contribution >= 0.6 is 0 Å². The number of aromatic nitrogens is 2. The van der Waals surface area contributed by atoms with Crippen LogP contribution in [0.3, 0.4) is 0 Å². The van der Waals surface area contributed by atoms with E-state index in [0.717, 1.165) is 44.9 Å². The van der Waals surface area contributed by atoms with Crippen LogP contribution in [-0.4, -0.2) is 70.1 Å². The second kappa shape index (κ2) is 8.96. The van der Waals surface area contributed by atoms with E-state index in [-0.39, 0.29) is 30.1 Å². The highest BCUT2D eigenvalue weighted by Crippen LogP contribution is 2.48. The van der Waals surface area contributed by atoms with Gasteiger partial charge in [-0.15, -0.1) is 0 Å². The fourth-order valence-corrected chi connectivity index (χ4v) is 5.76. The van der Waals surface area contributed by atoms with E-state index in [4.69, 9.17) is 0 Å². The third kappa shape index (κ3) is 4.94. The van der Waals surface area contributed by atoms with E-state index in [1.807, 2.05) is 29.7 Å². The zero-order valence-corrected chi connectivity index (χ0v) is 20.0. The Morgan fingerprint density at radius 2 is 1.71 bits per heavy atom. The lowest BCUT2D eigenvalue weighted by Gasteiger charge is -2.59. The molecule has 7 nitrogen and oxygen atoms in total. The van der Waals surface area contributed by atoms with Crippen molar-refractivity contribution in [3.8, 4) is 0 Å². The second-order valence-electron chi connectivity index (χ2n) is 10.5. The smallest absolute Gasteiger partial charge is 0.335 e. The Hall–Kier alpha value is -2.88. The molecule has 2 saturated heterocycles. The molecule has 0 bridgehead atoms. The van der Waals surface area contributed by atoms with Crippen molar-refractivity contribution in [2.45, 2.75) is 57.5 Å². The van der Waals surface area contributed by atoms with Gasteiger partial charge in [-0.1, -0.05) is 30.3 Å². The van der Waals surface area contributed by atoms with Crippen LogP contribution in [0.1, 0.15) is 37.8 Å². The summed E-state index contributed by atoms with van der Waals surface area (Å²) in [6.07, 6.45) is -0.825. The topological polar surface area (TPSA) is 64.6 Å². The van der Waals surface area contributed by atoms with E-state index in [1.54, 1.807) is 0 Å². The predicted molar refractivity (Wildman–Crippen MR) is 126 cm³/mol. The molecule has 0 radical (unpaired) electrons. The van der Waals surface area contributed by atoms with E-state index in [9.17, 15) is 18.0 Å². The Morgan fingerprint density at radius 1 is 1.06 bits per heavy atom. The van der Waals surface area contributed by atoms with Crippen LogP contribution in [0.15, 0.2) is 42.7 Å². The van der Waals surface area contributed by atoms with E-state index in [2.05, 4.69) is 44.5 Å². The minimum atomic E-state index is -4.46. The molecule has 5 rings (SSSR count). The van der Waals surface area contributed by atoms with Crippen molar-refractivity contribution in [1.29, 1.82) is 0 Å². The number of carbonyl (C=O) groups excluding carboxylic acids is 1. The number of likely N-dealkylation sites (tertiary alicyclic amines) is 1. The highest BCUT2D eigenvalue weighted by atomic mass is 19.4. The first-order valence-corrected chi connectivity index (χ1v) is 12.1. The Kier molecular flexibility index (Phi) is 6.11. The number of anilines is 1. The Balaban J connectivity index is 1.09. The van der Waals surface area contributed by atoms with Crippen molar-refractivity contribution in [3.05, 3.63) is 53.9 Å². The van der Waals surface area contributed by atoms with Crippen LogP contribution in [0.25, 0.3) is 0 Å². The van der Waals surface area contributed by atoms with Gasteiger partial charge in [0.2, 0.25) is 5.95 Å². The average molecular weight is 489 g/mol. The highest BCUT2D eigenvalue weighted by Gasteiger charge is 2.52. The lowest BCUT2D eigenvalue weighted by atomic mass is 9.60. The summed E-state index contributed by atoms with van der Waals surface area (Å²) >= 11 is 0. The predicted octanol–water partition coefficient (Wildman–Crippen LogP) is 3.77. The van der Waals surface area contributed by atoms with Crippen molar-refractivity contribution in [2.75, 3.05) is 31.1 Å². The summed E-state index contributed by atoms with van der Waals surface area (Å²) in [5.74, 6) is 0.253. The molecule has 2 amide bonds. The maximum atomic E-state index is 13.0. The quantitative estimate of drug-likeness (QED) is 0.710. The van der Waals surface area contributed by atoms with Crippen LogP contribution in [0.2, 0.25) is 0 Å². The molecular weight excluding hydrogens is 457 g/mol. The second-order valence-corrected chi connectivity index (χ2v) is 10.5. The van der Waals surface area contributed by atoms with Gasteiger partial charge in [-0.25, -0.2) is 14.8 Å². The van der Waals surface area contributed by atoms with E-state index < -0.39 is 11.7 Å². The molecule has 3 heterocycles. The number of urea groups is 1. The summed E-state index contributed by atoms with van der Waals surface area (Å²) in [5.41, 5.74) is 0.799. The van der Waals surface area contributed by atoms with Crippen LogP contribution in [-0.2, 0) is 12.7 Å². The van der Waals surface area contributed by atoms with Gasteiger partial charge in [-0.3, -0.25) is 4.90 Å². The summed E-state index contributed by atoms with van der Waals surface area (Å²) in [7, 11) is 0. The number of hydrogen-bond donors (Lipinski definition) is 1. The monoisotopic (exact) mass is 488 g/mol. The molecule has 1 saturated carbocycles. The zero-order valence-electron chi connectivity index (χ0n) is 20.0. The number of rotatable bonds is 4. The van der Waals surface area contributed by atoms with Gasteiger partial charge in [-0.2, -0.15) is 13.2 Å². The van der Waals surface area contributed by atoms with Crippen molar-refractivity contribution in [1.82, 2.24) is 25.1 Å². The standard InChI is InChI=1S/C25H31F3N6O/c1-17-13-34(18(2)12-33(17)22-29-10-20(11-30-22)25(26,27)28)23(35)31-21-8-24(9-21)15-32(16-24)14-19-6-4-3-5-7-19/h3-7,10-11,17-18,21H,8-9,12-16H2,1-2H3,(H,31,35)/t17?,18-/m1/s1. The van der Waals surface area contributed by atoms with Gasteiger partial charge in [0.05, 0.1) is 5.56 Å². The molecule has 2 aromatic rings. The third-order valence-corrected chi connectivity index (χ3v) is 7.52. The fourth-order valence-electron chi connectivity index (χ4n) is 5.76. The number of nitrogens with one attached hydrogen (secondary N) is 1. The Labute approximate surface area is 203 Å². The van der Waals surface area contributed by atoms with Gasteiger partial charge in [0.1, 0.15) is 0 Å². The number of benzene rings is 1. The molecule has 1 spiro atoms. The number of piperazine rings is 1. The summed E-state index contributed by atoms with van der Waals surface area (Å²) in [6.45, 7) is 7.92. The van der Waals surface area contributed by atoms with Crippen LogP contribution < -0.4 is 10.2 Å². The number of amides is 2. The molecule has 1 aromatic carbocycles. The Bertz CT molecular complexity index is 1030. The molecule has 1 aromatic heterocycles. The lowest BCUT2D eigenvalue weighted by molar-refractivity contribution is -0.138. The van der Waals surface area contributed by atoms with E-state index in [0.29, 0.717) is 18.5 Å². The van der Waals surface area contributed by atoms with Crippen LogP contribution in [0.5, 0.6) is 0 Å². The molecule has 1 aliphatic carbocycles. The molecule has 3 fully saturated rings.